The number of nitrogens with zero attached hydrogens (tertiary/aromatic N) is 2. The first-order chi connectivity index (χ1) is 18.6. The summed E-state index contributed by atoms with van der Waals surface area (Å²) in [5, 5.41) is 13.9. The molecule has 0 amide bonds. The standard InChI is InChI=1S/C24H19N2O.C11H20O2.Ir/c1-24(2,3)18-10-8-15(9-11-18)22-21-19-12-16-6-4-5-7-17(16)13-20(19)27-23(21)26-14-25-22;1-10(2,3)8(12)7-9(13)11(4,5)6;/h4-8,10-14H,1-3H3;7,12H,1-6H3;/q-1;;/b;8-7-;. The van der Waals surface area contributed by atoms with Gasteiger partial charge in [0.15, 0.2) is 5.78 Å². The van der Waals surface area contributed by atoms with Gasteiger partial charge in [0.25, 0.3) is 0 Å². The topological polar surface area (TPSA) is 76.2 Å². The number of furan rings is 1. The molecular weight excluding hydrogens is 689 g/mol. The van der Waals surface area contributed by atoms with E-state index in [1.54, 1.807) is 6.33 Å². The van der Waals surface area contributed by atoms with E-state index in [0.29, 0.717) is 5.71 Å². The van der Waals surface area contributed by atoms with Crippen LogP contribution in [0.3, 0.4) is 0 Å². The molecule has 1 radical (unpaired) electrons. The van der Waals surface area contributed by atoms with Gasteiger partial charge < -0.3 is 9.52 Å². The van der Waals surface area contributed by atoms with Crippen LogP contribution in [0.4, 0.5) is 0 Å². The summed E-state index contributed by atoms with van der Waals surface area (Å²) in [6, 6.07) is 22.2. The molecule has 1 N–H and O–H groups in total. The predicted octanol–water partition coefficient (Wildman–Crippen LogP) is 9.38. The number of aliphatic hydroxyl groups excluding tert-OH is 1. The van der Waals surface area contributed by atoms with Gasteiger partial charge in [-0.1, -0.05) is 86.6 Å². The van der Waals surface area contributed by atoms with Crippen LogP contribution in [0.15, 0.2) is 77.2 Å². The van der Waals surface area contributed by atoms with Crippen LogP contribution < -0.4 is 0 Å². The van der Waals surface area contributed by atoms with Crippen molar-refractivity contribution in [1.29, 1.82) is 0 Å². The van der Waals surface area contributed by atoms with Crippen LogP contribution in [-0.2, 0) is 30.3 Å². The van der Waals surface area contributed by atoms with E-state index < -0.39 is 5.41 Å². The van der Waals surface area contributed by atoms with Crippen molar-refractivity contribution in [2.24, 2.45) is 10.8 Å². The summed E-state index contributed by atoms with van der Waals surface area (Å²) in [5.74, 6) is 0.104. The second-order valence-electron chi connectivity index (χ2n) is 13.3. The van der Waals surface area contributed by atoms with Crippen LogP contribution in [0, 0.1) is 16.9 Å². The third-order valence-electron chi connectivity index (χ3n) is 6.85. The van der Waals surface area contributed by atoms with E-state index in [1.165, 1.54) is 17.0 Å². The van der Waals surface area contributed by atoms with Crippen molar-refractivity contribution in [2.45, 2.75) is 67.7 Å². The quantitative estimate of drug-likeness (QED) is 0.111. The Hall–Kier alpha value is -3.34. The van der Waals surface area contributed by atoms with Crippen LogP contribution >= 0.6 is 0 Å². The van der Waals surface area contributed by atoms with Crippen LogP contribution in [-0.4, -0.2) is 20.9 Å². The second-order valence-corrected chi connectivity index (χ2v) is 13.3. The summed E-state index contributed by atoms with van der Waals surface area (Å²) >= 11 is 0. The number of carbonyl (C=O) groups is 1. The molecule has 0 saturated heterocycles. The monoisotopic (exact) mass is 728 g/mol. The molecule has 0 aliphatic rings. The minimum absolute atomic E-state index is 0. The van der Waals surface area contributed by atoms with Crippen LogP contribution in [0.25, 0.3) is 44.1 Å². The van der Waals surface area contributed by atoms with E-state index >= 15 is 0 Å². The molecule has 3 aromatic carbocycles. The van der Waals surface area contributed by atoms with Gasteiger partial charge in [-0.3, -0.25) is 9.78 Å². The van der Waals surface area contributed by atoms with Crippen molar-refractivity contribution in [3.05, 3.63) is 84.4 Å². The van der Waals surface area contributed by atoms with Gasteiger partial charge in [-0.25, -0.2) is 4.98 Å². The number of aliphatic hydroxyl groups is 1. The summed E-state index contributed by atoms with van der Waals surface area (Å²) in [6.45, 7) is 17.7. The molecule has 0 aliphatic heterocycles. The number of aromatic nitrogens is 2. The van der Waals surface area contributed by atoms with Crippen LogP contribution in [0.2, 0.25) is 0 Å². The molecule has 5 aromatic rings. The fourth-order valence-electron chi connectivity index (χ4n) is 4.09. The Balaban J connectivity index is 0.000000284. The normalized spacial score (nSPS) is 12.7. The molecule has 41 heavy (non-hydrogen) atoms. The van der Waals surface area contributed by atoms with Crippen molar-refractivity contribution in [1.82, 2.24) is 9.97 Å². The number of hydrogen-bond acceptors (Lipinski definition) is 5. The summed E-state index contributed by atoms with van der Waals surface area (Å²) in [7, 11) is 0. The summed E-state index contributed by atoms with van der Waals surface area (Å²) < 4.78 is 6.04. The minimum atomic E-state index is -0.417. The molecule has 2 aromatic heterocycles. The zero-order valence-electron chi connectivity index (χ0n) is 25.3. The van der Waals surface area contributed by atoms with Gasteiger partial charge in [0, 0.05) is 53.5 Å². The Kier molecular flexibility index (Phi) is 9.32. The average Bonchev–Trinajstić information content (AvgIpc) is 3.23. The van der Waals surface area contributed by atoms with E-state index in [2.05, 4.69) is 79.3 Å². The van der Waals surface area contributed by atoms with Crippen LogP contribution in [0.5, 0.6) is 0 Å². The number of rotatable bonds is 2. The Bertz CT molecular complexity index is 1710. The maximum absolute atomic E-state index is 11.5. The first kappa shape index (κ1) is 32.2. The maximum Gasteiger partial charge on any atom is 0.221 e. The smallest absolute Gasteiger partial charge is 0.221 e. The maximum atomic E-state index is 11.5. The fraction of sp³-hybridized carbons (Fsp3) is 0.343. The molecule has 0 fully saturated rings. The van der Waals surface area contributed by atoms with Gasteiger partial charge in [0.05, 0.1) is 0 Å². The Labute approximate surface area is 256 Å². The number of hydrogen-bond donors (Lipinski definition) is 1. The Morgan fingerprint density at radius 1 is 0.878 bits per heavy atom. The zero-order chi connectivity index (χ0) is 29.5. The van der Waals surface area contributed by atoms with Crippen molar-refractivity contribution in [2.75, 3.05) is 0 Å². The summed E-state index contributed by atoms with van der Waals surface area (Å²) in [6.07, 6.45) is 2.89. The number of fused-ring (bicyclic) bond motifs is 4. The number of ketones is 1. The molecule has 0 aliphatic carbocycles. The van der Waals surface area contributed by atoms with Crippen molar-refractivity contribution in [3.8, 4) is 11.3 Å². The van der Waals surface area contributed by atoms with Crippen molar-refractivity contribution < 1.29 is 34.4 Å². The molecule has 5 nitrogen and oxygen atoms in total. The predicted molar refractivity (Wildman–Crippen MR) is 164 cm³/mol. The molecule has 0 atom stereocenters. The molecule has 0 saturated carbocycles. The number of carbonyl (C=O) groups excluding carboxylic acids is 1. The van der Waals surface area contributed by atoms with Gasteiger partial charge in [0.1, 0.15) is 17.7 Å². The first-order valence-electron chi connectivity index (χ1n) is 13.6. The van der Waals surface area contributed by atoms with Gasteiger partial charge in [0.2, 0.25) is 5.71 Å². The number of benzene rings is 3. The van der Waals surface area contributed by atoms with E-state index in [0.717, 1.165) is 33.0 Å². The molecule has 0 bridgehead atoms. The molecule has 0 spiro atoms. The van der Waals surface area contributed by atoms with Crippen LogP contribution in [0.1, 0.15) is 67.9 Å². The molecular formula is C35H39IrN2O3-. The van der Waals surface area contributed by atoms with E-state index in [9.17, 15) is 9.90 Å². The van der Waals surface area contributed by atoms with Gasteiger partial charge in [-0.05, 0) is 28.3 Å². The third kappa shape index (κ3) is 7.30. The van der Waals surface area contributed by atoms with E-state index in [-0.39, 0.29) is 42.5 Å². The first-order valence-corrected chi connectivity index (χ1v) is 13.6. The number of allylic oxidation sites excluding steroid dienone is 2. The van der Waals surface area contributed by atoms with Gasteiger partial charge in [-0.2, -0.15) is 0 Å². The zero-order valence-corrected chi connectivity index (χ0v) is 27.7. The largest absolute Gasteiger partial charge is 0.512 e. The van der Waals surface area contributed by atoms with E-state index in [4.69, 9.17) is 4.42 Å². The molecule has 6 heteroatoms. The van der Waals surface area contributed by atoms with Gasteiger partial charge >= 0.3 is 0 Å². The molecule has 0 unspecified atom stereocenters. The fourth-order valence-corrected chi connectivity index (χ4v) is 4.09. The average molecular weight is 728 g/mol. The molecule has 2 heterocycles. The summed E-state index contributed by atoms with van der Waals surface area (Å²) in [4.78, 5) is 20.4. The van der Waals surface area contributed by atoms with Crippen molar-refractivity contribution in [3.63, 3.8) is 0 Å². The Morgan fingerprint density at radius 3 is 2.05 bits per heavy atom. The SMILES string of the molecule is CC(C)(C)C(=O)/C=C(\O)C(C)(C)C.CC(C)(C)c1c[c-]c(-c2ncnc3oc4cc5ccccc5cc4c23)cc1.[Ir]. The second kappa shape index (κ2) is 11.9. The van der Waals surface area contributed by atoms with Crippen molar-refractivity contribution >= 4 is 38.6 Å². The molecule has 217 valence electrons. The minimum Gasteiger partial charge on any atom is -0.512 e. The third-order valence-corrected chi connectivity index (χ3v) is 6.85. The Morgan fingerprint density at radius 2 is 1.51 bits per heavy atom. The molecule has 5 rings (SSSR count). The van der Waals surface area contributed by atoms with E-state index in [1.807, 2.05) is 53.7 Å². The van der Waals surface area contributed by atoms with Gasteiger partial charge in [-0.15, -0.1) is 35.4 Å². The summed E-state index contributed by atoms with van der Waals surface area (Å²) in [5.41, 5.74) is 3.83.